The quantitative estimate of drug-likeness (QED) is 0.494. The average Bonchev–Trinajstić information content (AvgIpc) is 3.24. The molecule has 0 bridgehead atoms. The summed E-state index contributed by atoms with van der Waals surface area (Å²) in [4.78, 5) is 0. The van der Waals surface area contributed by atoms with Gasteiger partial charge in [-0.05, 0) is 34.1 Å². The van der Waals surface area contributed by atoms with Crippen LogP contribution in [0.4, 0.5) is 0 Å². The van der Waals surface area contributed by atoms with Crippen LogP contribution in [0.2, 0.25) is 0 Å². The molecule has 0 saturated heterocycles. The van der Waals surface area contributed by atoms with E-state index in [4.69, 9.17) is 15.3 Å². The number of fused-ring (bicyclic) bond motifs is 2. The Bertz CT molecular complexity index is 1130. The number of rotatable bonds is 1. The molecule has 0 amide bonds. The molecule has 0 aliphatic heterocycles. The van der Waals surface area contributed by atoms with Gasteiger partial charge in [-0.3, -0.25) is 0 Å². The lowest BCUT2D eigenvalue weighted by atomic mass is 10.3. The molecule has 0 radical (unpaired) electrons. The van der Waals surface area contributed by atoms with Gasteiger partial charge in [-0.25, -0.2) is 9.03 Å². The predicted octanol–water partition coefficient (Wildman–Crippen LogP) is 3.18. The number of hydrogen-bond donors (Lipinski definition) is 0. The van der Waals surface area contributed by atoms with Crippen molar-refractivity contribution in [2.75, 3.05) is 7.11 Å². The van der Waals surface area contributed by atoms with Gasteiger partial charge in [0.05, 0.1) is 30.6 Å². The van der Waals surface area contributed by atoms with Crippen LogP contribution in [0.25, 0.3) is 11.0 Å². The van der Waals surface area contributed by atoms with Crippen LogP contribution in [0.3, 0.4) is 0 Å². The maximum absolute atomic E-state index is 8.84. The summed E-state index contributed by atoms with van der Waals surface area (Å²) in [6.07, 6.45) is 6.68. The Balaban J connectivity index is 0.000000150. The number of hydrogen-bond acceptors (Lipinski definition) is 5. The summed E-state index contributed by atoms with van der Waals surface area (Å²) >= 11 is 3.33. The first-order valence-electron chi connectivity index (χ1n) is 7.11. The van der Waals surface area contributed by atoms with Crippen LogP contribution in [0.15, 0.2) is 53.5 Å². The van der Waals surface area contributed by atoms with Gasteiger partial charge in [0, 0.05) is 16.9 Å². The Morgan fingerprint density at radius 2 is 1.80 bits per heavy atom. The van der Waals surface area contributed by atoms with Crippen LogP contribution >= 0.6 is 15.9 Å². The maximum atomic E-state index is 8.84. The molecule has 25 heavy (non-hydrogen) atoms. The monoisotopic (exact) mass is 394 g/mol. The van der Waals surface area contributed by atoms with Gasteiger partial charge in [-0.2, -0.15) is 20.7 Å². The van der Waals surface area contributed by atoms with E-state index in [-0.39, 0.29) is 0 Å². The molecule has 0 aliphatic rings. The second-order valence-electron chi connectivity index (χ2n) is 4.89. The zero-order valence-corrected chi connectivity index (χ0v) is 14.7. The SMILES string of the molecule is COc1cc(Br)cn2ncc(C#N)c12.N#Cc1cnn2ccccc12. The Kier molecular flexibility index (Phi) is 4.64. The van der Waals surface area contributed by atoms with Crippen molar-refractivity contribution in [3.05, 3.63) is 64.7 Å². The minimum Gasteiger partial charge on any atom is -0.494 e. The number of halogens is 1. The third-order valence-corrected chi connectivity index (χ3v) is 3.86. The van der Waals surface area contributed by atoms with Crippen molar-refractivity contribution in [3.8, 4) is 17.9 Å². The van der Waals surface area contributed by atoms with Gasteiger partial charge in [0.2, 0.25) is 0 Å². The first-order chi connectivity index (χ1) is 12.2. The number of methoxy groups -OCH3 is 1. The number of nitriles is 2. The van der Waals surface area contributed by atoms with Crippen LogP contribution in [0.5, 0.6) is 5.75 Å². The third kappa shape index (κ3) is 3.16. The molecule has 4 rings (SSSR count). The van der Waals surface area contributed by atoms with Crippen LogP contribution in [0.1, 0.15) is 11.1 Å². The second-order valence-corrected chi connectivity index (χ2v) is 5.81. The summed E-state index contributed by atoms with van der Waals surface area (Å²) < 4.78 is 9.31. The van der Waals surface area contributed by atoms with Gasteiger partial charge in [0.1, 0.15) is 29.0 Å². The molecule has 0 spiro atoms. The van der Waals surface area contributed by atoms with Crippen molar-refractivity contribution in [3.63, 3.8) is 0 Å². The molecule has 7 nitrogen and oxygen atoms in total. The van der Waals surface area contributed by atoms with Crippen LogP contribution < -0.4 is 4.74 Å². The Morgan fingerprint density at radius 3 is 2.52 bits per heavy atom. The molecular formula is C17H11BrN6O. The third-order valence-electron chi connectivity index (χ3n) is 3.43. The largest absolute Gasteiger partial charge is 0.494 e. The maximum Gasteiger partial charge on any atom is 0.147 e. The molecular weight excluding hydrogens is 384 g/mol. The molecule has 4 aromatic rings. The summed E-state index contributed by atoms with van der Waals surface area (Å²) in [6.45, 7) is 0. The van der Waals surface area contributed by atoms with Gasteiger partial charge >= 0.3 is 0 Å². The van der Waals surface area contributed by atoms with E-state index in [1.807, 2.05) is 24.4 Å². The first-order valence-corrected chi connectivity index (χ1v) is 7.90. The van der Waals surface area contributed by atoms with E-state index in [0.717, 1.165) is 9.99 Å². The molecule has 4 aromatic heterocycles. The predicted molar refractivity (Wildman–Crippen MR) is 94.1 cm³/mol. The lowest BCUT2D eigenvalue weighted by Crippen LogP contribution is -1.92. The van der Waals surface area contributed by atoms with Crippen molar-refractivity contribution in [2.45, 2.75) is 0 Å². The molecule has 0 atom stereocenters. The van der Waals surface area contributed by atoms with Crippen LogP contribution in [-0.4, -0.2) is 26.3 Å². The van der Waals surface area contributed by atoms with E-state index in [0.29, 0.717) is 22.4 Å². The van der Waals surface area contributed by atoms with Crippen molar-refractivity contribution in [1.29, 1.82) is 10.5 Å². The minimum atomic E-state index is 0.509. The van der Waals surface area contributed by atoms with E-state index in [9.17, 15) is 0 Å². The van der Waals surface area contributed by atoms with Crippen molar-refractivity contribution < 1.29 is 4.74 Å². The molecule has 8 heteroatoms. The summed E-state index contributed by atoms with van der Waals surface area (Å²) in [5, 5.41) is 25.5. The molecule has 0 aliphatic carbocycles. The Labute approximate surface area is 151 Å². The first kappa shape index (κ1) is 16.5. The standard InChI is InChI=1S/C9H6BrN3O.C8H5N3/c1-14-8-2-7(10)5-13-9(8)6(3-11)4-12-13;9-5-7-6-10-11-4-2-1-3-8(7)11/h2,4-5H,1H3;1-4,6H. The molecule has 122 valence electrons. The van der Waals surface area contributed by atoms with Crippen molar-refractivity contribution >= 4 is 27.0 Å². The van der Waals surface area contributed by atoms with E-state index in [2.05, 4.69) is 38.3 Å². The highest BCUT2D eigenvalue weighted by atomic mass is 79.9. The van der Waals surface area contributed by atoms with Crippen LogP contribution in [-0.2, 0) is 0 Å². The minimum absolute atomic E-state index is 0.509. The van der Waals surface area contributed by atoms with Gasteiger partial charge in [0.15, 0.2) is 0 Å². The number of nitrogens with zero attached hydrogens (tertiary/aromatic N) is 6. The Hall–Kier alpha value is -3.36. The summed E-state index contributed by atoms with van der Waals surface area (Å²) in [5.74, 6) is 0.633. The smallest absolute Gasteiger partial charge is 0.147 e. The molecule has 0 N–H and O–H groups in total. The van der Waals surface area contributed by atoms with E-state index in [1.54, 1.807) is 34.6 Å². The van der Waals surface area contributed by atoms with Crippen LogP contribution in [0, 0.1) is 22.7 Å². The molecule has 0 aromatic carbocycles. The number of ether oxygens (including phenoxy) is 1. The molecule has 4 heterocycles. The highest BCUT2D eigenvalue weighted by molar-refractivity contribution is 9.10. The van der Waals surface area contributed by atoms with E-state index >= 15 is 0 Å². The summed E-state index contributed by atoms with van der Waals surface area (Å²) in [5.41, 5.74) is 2.67. The van der Waals surface area contributed by atoms with Crippen molar-refractivity contribution in [1.82, 2.24) is 19.2 Å². The van der Waals surface area contributed by atoms with E-state index in [1.165, 1.54) is 6.20 Å². The fraction of sp³-hybridized carbons (Fsp3) is 0.0588. The number of pyridine rings is 2. The highest BCUT2D eigenvalue weighted by Crippen LogP contribution is 2.26. The van der Waals surface area contributed by atoms with E-state index < -0.39 is 0 Å². The number of aromatic nitrogens is 4. The Morgan fingerprint density at radius 1 is 1.08 bits per heavy atom. The zero-order chi connectivity index (χ0) is 17.8. The summed E-state index contributed by atoms with van der Waals surface area (Å²) in [7, 11) is 1.57. The normalized spacial score (nSPS) is 9.92. The van der Waals surface area contributed by atoms with Gasteiger partial charge < -0.3 is 4.74 Å². The molecule has 0 unspecified atom stereocenters. The fourth-order valence-corrected chi connectivity index (χ4v) is 2.71. The zero-order valence-electron chi connectivity index (χ0n) is 13.1. The second kappa shape index (κ2) is 7.04. The fourth-order valence-electron chi connectivity index (χ4n) is 2.31. The van der Waals surface area contributed by atoms with Crippen molar-refractivity contribution in [2.24, 2.45) is 0 Å². The lowest BCUT2D eigenvalue weighted by Gasteiger charge is -2.03. The molecule has 0 fully saturated rings. The summed E-state index contributed by atoms with van der Waals surface area (Å²) in [6, 6.07) is 11.6. The lowest BCUT2D eigenvalue weighted by molar-refractivity contribution is 0.417. The average molecular weight is 395 g/mol. The highest BCUT2D eigenvalue weighted by Gasteiger charge is 2.10. The van der Waals surface area contributed by atoms with Gasteiger partial charge in [-0.15, -0.1) is 0 Å². The molecule has 0 saturated carbocycles. The van der Waals surface area contributed by atoms with Gasteiger partial charge in [0.25, 0.3) is 0 Å². The van der Waals surface area contributed by atoms with Gasteiger partial charge in [-0.1, -0.05) is 6.07 Å². The topological polar surface area (TPSA) is 91.4 Å².